The molecule has 0 atom stereocenters. The second-order valence-electron chi connectivity index (χ2n) is 4.25. The van der Waals surface area contributed by atoms with Gasteiger partial charge in [0.15, 0.2) is 0 Å². The van der Waals surface area contributed by atoms with E-state index in [2.05, 4.69) is 25.7 Å². The molecular formula is C10H19NO2S. The first-order chi connectivity index (χ1) is 6.41. The van der Waals surface area contributed by atoms with Gasteiger partial charge >= 0.3 is 0 Å². The molecular weight excluding hydrogens is 198 g/mol. The van der Waals surface area contributed by atoms with E-state index in [0.29, 0.717) is 36.3 Å². The molecule has 0 aliphatic carbocycles. The second kappa shape index (κ2) is 4.34. The van der Waals surface area contributed by atoms with E-state index in [0.717, 1.165) is 5.70 Å². The minimum absolute atomic E-state index is 0.299. The summed E-state index contributed by atoms with van der Waals surface area (Å²) in [4.78, 5) is 0. The van der Waals surface area contributed by atoms with Gasteiger partial charge < -0.3 is 5.32 Å². The Hall–Kier alpha value is -0.510. The number of nitrogens with one attached hydrogen (secondary N) is 1. The molecule has 0 saturated carbocycles. The molecule has 4 heteroatoms. The van der Waals surface area contributed by atoms with Crippen LogP contribution in [0, 0.1) is 5.92 Å². The molecule has 0 unspecified atom stereocenters. The van der Waals surface area contributed by atoms with Crippen molar-refractivity contribution in [1.82, 2.24) is 5.32 Å². The van der Waals surface area contributed by atoms with Gasteiger partial charge in [0, 0.05) is 11.7 Å². The maximum absolute atomic E-state index is 11.2. The number of allylic oxidation sites excluding steroid dienone is 1. The number of sulfone groups is 1. The van der Waals surface area contributed by atoms with Crippen molar-refractivity contribution in [3.05, 3.63) is 12.3 Å². The highest BCUT2D eigenvalue weighted by atomic mass is 32.2. The van der Waals surface area contributed by atoms with Gasteiger partial charge in [-0.3, -0.25) is 0 Å². The van der Waals surface area contributed by atoms with E-state index in [1.165, 1.54) is 0 Å². The SMILES string of the molecule is C=C(NC1CCS(=O)(=O)CC1)C(C)C. The average Bonchev–Trinajstić information content (AvgIpc) is 2.08. The predicted octanol–water partition coefficient (Wildman–Crippen LogP) is 1.32. The van der Waals surface area contributed by atoms with Gasteiger partial charge in [-0.05, 0) is 18.8 Å². The molecule has 1 aliphatic heterocycles. The van der Waals surface area contributed by atoms with Crippen molar-refractivity contribution in [2.75, 3.05) is 11.5 Å². The minimum Gasteiger partial charge on any atom is -0.386 e. The summed E-state index contributed by atoms with van der Waals surface area (Å²) in [5, 5.41) is 3.30. The average molecular weight is 217 g/mol. The van der Waals surface area contributed by atoms with Crippen LogP contribution in [0.4, 0.5) is 0 Å². The lowest BCUT2D eigenvalue weighted by Crippen LogP contribution is -2.37. The van der Waals surface area contributed by atoms with Crippen molar-refractivity contribution in [2.24, 2.45) is 5.92 Å². The van der Waals surface area contributed by atoms with Crippen LogP contribution in [0.1, 0.15) is 26.7 Å². The van der Waals surface area contributed by atoms with Crippen molar-refractivity contribution in [3.8, 4) is 0 Å². The number of rotatable bonds is 3. The summed E-state index contributed by atoms with van der Waals surface area (Å²) < 4.78 is 22.3. The topological polar surface area (TPSA) is 46.2 Å². The molecule has 0 radical (unpaired) electrons. The van der Waals surface area contributed by atoms with Crippen molar-refractivity contribution < 1.29 is 8.42 Å². The molecule has 1 N–H and O–H groups in total. The first-order valence-electron chi connectivity index (χ1n) is 5.06. The lowest BCUT2D eigenvalue weighted by Gasteiger charge is -2.26. The molecule has 0 aromatic rings. The fourth-order valence-corrected chi connectivity index (χ4v) is 2.95. The van der Waals surface area contributed by atoms with Crippen molar-refractivity contribution >= 4 is 9.84 Å². The Labute approximate surface area is 86.5 Å². The lowest BCUT2D eigenvalue weighted by molar-refractivity contribution is 0.478. The first kappa shape index (κ1) is 11.6. The third kappa shape index (κ3) is 3.33. The molecule has 1 aliphatic rings. The fourth-order valence-electron chi connectivity index (χ4n) is 1.46. The summed E-state index contributed by atoms with van der Waals surface area (Å²) in [5.74, 6) is 1.04. The van der Waals surface area contributed by atoms with E-state index in [9.17, 15) is 8.42 Å². The van der Waals surface area contributed by atoms with Gasteiger partial charge in [-0.15, -0.1) is 0 Å². The molecule has 14 heavy (non-hydrogen) atoms. The van der Waals surface area contributed by atoms with Crippen LogP contribution in [-0.4, -0.2) is 26.0 Å². The van der Waals surface area contributed by atoms with Gasteiger partial charge in [0.25, 0.3) is 0 Å². The molecule has 0 aromatic heterocycles. The Balaban J connectivity index is 2.40. The van der Waals surface area contributed by atoms with E-state index < -0.39 is 9.84 Å². The van der Waals surface area contributed by atoms with E-state index >= 15 is 0 Å². The molecule has 1 rings (SSSR count). The van der Waals surface area contributed by atoms with Crippen LogP contribution < -0.4 is 5.32 Å². The minimum atomic E-state index is -2.74. The van der Waals surface area contributed by atoms with E-state index in [1.54, 1.807) is 0 Å². The Morgan fingerprint density at radius 3 is 2.29 bits per heavy atom. The maximum atomic E-state index is 11.2. The molecule has 0 bridgehead atoms. The Morgan fingerprint density at radius 2 is 1.86 bits per heavy atom. The van der Waals surface area contributed by atoms with Crippen LogP contribution in [0.25, 0.3) is 0 Å². The smallest absolute Gasteiger partial charge is 0.150 e. The monoisotopic (exact) mass is 217 g/mol. The molecule has 1 fully saturated rings. The van der Waals surface area contributed by atoms with Gasteiger partial charge in [0.1, 0.15) is 9.84 Å². The van der Waals surface area contributed by atoms with Gasteiger partial charge in [0.05, 0.1) is 11.5 Å². The summed E-state index contributed by atoms with van der Waals surface area (Å²) in [6, 6.07) is 0.299. The zero-order valence-electron chi connectivity index (χ0n) is 8.91. The second-order valence-corrected chi connectivity index (χ2v) is 6.55. The summed E-state index contributed by atoms with van der Waals surface area (Å²) in [5.41, 5.74) is 1.01. The zero-order valence-corrected chi connectivity index (χ0v) is 9.73. The molecule has 1 saturated heterocycles. The van der Waals surface area contributed by atoms with Gasteiger partial charge in [-0.1, -0.05) is 20.4 Å². The number of hydrogen-bond donors (Lipinski definition) is 1. The fraction of sp³-hybridized carbons (Fsp3) is 0.800. The highest BCUT2D eigenvalue weighted by Crippen LogP contribution is 2.14. The van der Waals surface area contributed by atoms with Crippen molar-refractivity contribution in [3.63, 3.8) is 0 Å². The highest BCUT2D eigenvalue weighted by molar-refractivity contribution is 7.91. The Bertz CT molecular complexity index is 292. The third-order valence-electron chi connectivity index (χ3n) is 2.64. The maximum Gasteiger partial charge on any atom is 0.150 e. The molecule has 1 heterocycles. The van der Waals surface area contributed by atoms with Crippen molar-refractivity contribution in [1.29, 1.82) is 0 Å². The molecule has 0 spiro atoms. The zero-order chi connectivity index (χ0) is 10.8. The van der Waals surface area contributed by atoms with E-state index in [-0.39, 0.29) is 0 Å². The van der Waals surface area contributed by atoms with Crippen LogP contribution in [-0.2, 0) is 9.84 Å². The van der Waals surface area contributed by atoms with Gasteiger partial charge in [-0.25, -0.2) is 8.42 Å². The summed E-state index contributed by atoms with van der Waals surface area (Å²) in [6.07, 6.45) is 1.43. The third-order valence-corrected chi connectivity index (χ3v) is 4.36. The van der Waals surface area contributed by atoms with Gasteiger partial charge in [-0.2, -0.15) is 0 Å². The highest BCUT2D eigenvalue weighted by Gasteiger charge is 2.23. The molecule has 0 amide bonds. The first-order valence-corrected chi connectivity index (χ1v) is 6.88. The molecule has 82 valence electrons. The lowest BCUT2D eigenvalue weighted by atomic mass is 10.1. The summed E-state index contributed by atoms with van der Waals surface area (Å²) in [6.45, 7) is 8.08. The van der Waals surface area contributed by atoms with Gasteiger partial charge in [0.2, 0.25) is 0 Å². The van der Waals surface area contributed by atoms with E-state index in [1.807, 2.05) is 0 Å². The summed E-state index contributed by atoms with van der Waals surface area (Å²) in [7, 11) is -2.74. The Morgan fingerprint density at radius 1 is 1.36 bits per heavy atom. The Kier molecular flexibility index (Phi) is 3.59. The normalized spacial score (nSPS) is 22.2. The van der Waals surface area contributed by atoms with Crippen LogP contribution in [0.3, 0.4) is 0 Å². The van der Waals surface area contributed by atoms with Crippen LogP contribution in [0.2, 0.25) is 0 Å². The standard InChI is InChI=1S/C10H19NO2S/c1-8(2)9(3)11-10-4-6-14(12,13)7-5-10/h8,10-11H,3-7H2,1-2H3. The number of hydrogen-bond acceptors (Lipinski definition) is 3. The molecule has 3 nitrogen and oxygen atoms in total. The predicted molar refractivity (Wildman–Crippen MR) is 58.8 cm³/mol. The van der Waals surface area contributed by atoms with E-state index in [4.69, 9.17) is 0 Å². The van der Waals surface area contributed by atoms with Crippen LogP contribution in [0.15, 0.2) is 12.3 Å². The van der Waals surface area contributed by atoms with Crippen LogP contribution >= 0.6 is 0 Å². The quantitative estimate of drug-likeness (QED) is 0.775. The van der Waals surface area contributed by atoms with Crippen molar-refractivity contribution in [2.45, 2.75) is 32.7 Å². The van der Waals surface area contributed by atoms with Crippen LogP contribution in [0.5, 0.6) is 0 Å². The molecule has 0 aromatic carbocycles. The largest absolute Gasteiger partial charge is 0.386 e. The summed E-state index contributed by atoms with van der Waals surface area (Å²) >= 11 is 0.